The lowest BCUT2D eigenvalue weighted by Gasteiger charge is -2.61. The van der Waals surface area contributed by atoms with Crippen molar-refractivity contribution in [1.29, 1.82) is 0 Å². The van der Waals surface area contributed by atoms with Crippen molar-refractivity contribution in [2.45, 2.75) is 97.5 Å². The molecule has 0 aromatic rings. The molecule has 0 radical (unpaired) electrons. The molecule has 4 fully saturated rings. The zero-order valence-electron chi connectivity index (χ0n) is 17.6. The highest BCUT2D eigenvalue weighted by atomic mass is 16.4. The molecule has 4 aliphatic carbocycles. The fourth-order valence-corrected chi connectivity index (χ4v) is 8.76. The molecule has 27 heavy (non-hydrogen) atoms. The average Bonchev–Trinajstić information content (AvgIpc) is 2.97. The molecule has 4 saturated carbocycles. The summed E-state index contributed by atoms with van der Waals surface area (Å²) in [5.41, 5.74) is 0.882. The summed E-state index contributed by atoms with van der Waals surface area (Å²) >= 11 is 0. The first-order valence-corrected chi connectivity index (χ1v) is 11.7. The molecule has 2 N–H and O–H groups in total. The molecular formula is C24H40O3. The SMILES string of the molecule is CC(CCC(=O)O)C1CCC2C3CCC4CC(O)CC[C@@]4(C)C3CC[C@@]12C. The number of aliphatic hydroxyl groups is 1. The third-order valence-electron chi connectivity index (χ3n) is 10.2. The molecular weight excluding hydrogens is 336 g/mol. The highest BCUT2D eigenvalue weighted by molar-refractivity contribution is 5.66. The number of hydrogen-bond acceptors (Lipinski definition) is 2. The van der Waals surface area contributed by atoms with Crippen LogP contribution in [0.25, 0.3) is 0 Å². The maximum atomic E-state index is 11.0. The second-order valence-electron chi connectivity index (χ2n) is 11.2. The van der Waals surface area contributed by atoms with Gasteiger partial charge in [-0.25, -0.2) is 0 Å². The van der Waals surface area contributed by atoms with E-state index in [1.165, 1.54) is 44.9 Å². The van der Waals surface area contributed by atoms with Gasteiger partial charge in [-0.3, -0.25) is 4.79 Å². The van der Waals surface area contributed by atoms with Crippen LogP contribution in [0.5, 0.6) is 0 Å². The maximum absolute atomic E-state index is 11.0. The molecule has 154 valence electrons. The van der Waals surface area contributed by atoms with E-state index in [2.05, 4.69) is 20.8 Å². The molecule has 0 spiro atoms. The molecule has 0 aliphatic heterocycles. The predicted molar refractivity (Wildman–Crippen MR) is 107 cm³/mol. The minimum Gasteiger partial charge on any atom is -0.481 e. The minimum atomic E-state index is -0.643. The van der Waals surface area contributed by atoms with Crippen LogP contribution in [-0.2, 0) is 4.79 Å². The van der Waals surface area contributed by atoms with Crippen molar-refractivity contribution >= 4 is 5.97 Å². The van der Waals surface area contributed by atoms with Crippen molar-refractivity contribution in [3.63, 3.8) is 0 Å². The summed E-state index contributed by atoms with van der Waals surface area (Å²) in [5, 5.41) is 19.3. The van der Waals surface area contributed by atoms with Gasteiger partial charge in [0.15, 0.2) is 0 Å². The number of aliphatic carboxylic acids is 1. The lowest BCUT2D eigenvalue weighted by Crippen LogP contribution is -2.54. The first-order chi connectivity index (χ1) is 12.8. The normalized spacial score (nSPS) is 50.4. The number of aliphatic hydroxyl groups excluding tert-OH is 1. The molecule has 4 rings (SSSR count). The fourth-order valence-electron chi connectivity index (χ4n) is 8.76. The second kappa shape index (κ2) is 7.04. The highest BCUT2D eigenvalue weighted by Gasteiger charge is 2.60. The summed E-state index contributed by atoms with van der Waals surface area (Å²) in [4.78, 5) is 11.0. The second-order valence-corrected chi connectivity index (χ2v) is 11.2. The quantitative estimate of drug-likeness (QED) is 0.680. The van der Waals surface area contributed by atoms with E-state index in [1.807, 2.05) is 0 Å². The van der Waals surface area contributed by atoms with Gasteiger partial charge < -0.3 is 10.2 Å². The maximum Gasteiger partial charge on any atom is 0.303 e. The molecule has 7 unspecified atom stereocenters. The minimum absolute atomic E-state index is 0.0561. The number of rotatable bonds is 4. The molecule has 0 saturated heterocycles. The van der Waals surface area contributed by atoms with Crippen LogP contribution in [0.1, 0.15) is 91.4 Å². The highest BCUT2D eigenvalue weighted by Crippen LogP contribution is 2.68. The molecule has 0 aromatic heterocycles. The van der Waals surface area contributed by atoms with Crippen molar-refractivity contribution in [3.8, 4) is 0 Å². The van der Waals surface area contributed by atoms with Gasteiger partial charge >= 0.3 is 5.97 Å². The van der Waals surface area contributed by atoms with Crippen LogP contribution in [0.15, 0.2) is 0 Å². The van der Waals surface area contributed by atoms with E-state index in [9.17, 15) is 9.90 Å². The van der Waals surface area contributed by atoms with Gasteiger partial charge in [0.2, 0.25) is 0 Å². The largest absolute Gasteiger partial charge is 0.481 e. The summed E-state index contributed by atoms with van der Waals surface area (Å²) < 4.78 is 0. The Kier molecular flexibility index (Phi) is 5.15. The van der Waals surface area contributed by atoms with E-state index in [1.54, 1.807) is 0 Å². The number of carboxylic acid groups (broad SMARTS) is 1. The van der Waals surface area contributed by atoms with Gasteiger partial charge in [-0.15, -0.1) is 0 Å². The molecule has 4 aliphatic rings. The molecule has 0 bridgehead atoms. The van der Waals surface area contributed by atoms with E-state index in [-0.39, 0.29) is 6.10 Å². The summed E-state index contributed by atoms with van der Waals surface area (Å²) in [7, 11) is 0. The molecule has 3 nitrogen and oxygen atoms in total. The van der Waals surface area contributed by atoms with Crippen molar-refractivity contribution in [2.24, 2.45) is 46.3 Å². The van der Waals surface area contributed by atoms with E-state index in [0.29, 0.717) is 29.1 Å². The van der Waals surface area contributed by atoms with Crippen molar-refractivity contribution in [2.75, 3.05) is 0 Å². The summed E-state index contributed by atoms with van der Waals surface area (Å²) in [5.74, 6) is 3.91. The third kappa shape index (κ3) is 3.16. The van der Waals surface area contributed by atoms with E-state index in [0.717, 1.165) is 42.9 Å². The van der Waals surface area contributed by atoms with Crippen LogP contribution >= 0.6 is 0 Å². The van der Waals surface area contributed by atoms with Crippen LogP contribution in [0.2, 0.25) is 0 Å². The average molecular weight is 377 g/mol. The first kappa shape index (κ1) is 19.7. The smallest absolute Gasteiger partial charge is 0.303 e. The number of carboxylic acids is 1. The lowest BCUT2D eigenvalue weighted by molar-refractivity contribution is -0.138. The topological polar surface area (TPSA) is 57.5 Å². The molecule has 3 heteroatoms. The Balaban J connectivity index is 1.51. The summed E-state index contributed by atoms with van der Waals surface area (Å²) in [6.45, 7) is 7.43. The van der Waals surface area contributed by atoms with Gasteiger partial charge in [-0.1, -0.05) is 20.8 Å². The zero-order valence-corrected chi connectivity index (χ0v) is 17.6. The zero-order chi connectivity index (χ0) is 19.4. The Morgan fingerprint density at radius 1 is 1.00 bits per heavy atom. The molecule has 0 aromatic carbocycles. The number of carbonyl (C=O) groups is 1. The van der Waals surface area contributed by atoms with Gasteiger partial charge in [0.05, 0.1) is 6.10 Å². The van der Waals surface area contributed by atoms with Gasteiger partial charge in [0.25, 0.3) is 0 Å². The van der Waals surface area contributed by atoms with Crippen molar-refractivity contribution in [1.82, 2.24) is 0 Å². The van der Waals surface area contributed by atoms with Crippen LogP contribution in [-0.4, -0.2) is 22.3 Å². The lowest BCUT2D eigenvalue weighted by atomic mass is 9.44. The third-order valence-corrected chi connectivity index (χ3v) is 10.2. The summed E-state index contributed by atoms with van der Waals surface area (Å²) in [6, 6.07) is 0. The van der Waals surface area contributed by atoms with Gasteiger partial charge in [0, 0.05) is 6.42 Å². The Hall–Kier alpha value is -0.570. The molecule has 0 amide bonds. The number of fused-ring (bicyclic) bond motifs is 5. The summed E-state index contributed by atoms with van der Waals surface area (Å²) in [6.07, 6.45) is 12.4. The van der Waals surface area contributed by atoms with Gasteiger partial charge in [-0.2, -0.15) is 0 Å². The van der Waals surface area contributed by atoms with Gasteiger partial charge in [-0.05, 0) is 111 Å². The van der Waals surface area contributed by atoms with Crippen molar-refractivity contribution in [3.05, 3.63) is 0 Å². The Labute approximate surface area is 165 Å². The van der Waals surface area contributed by atoms with E-state index in [4.69, 9.17) is 5.11 Å². The molecule has 0 heterocycles. The van der Waals surface area contributed by atoms with Crippen molar-refractivity contribution < 1.29 is 15.0 Å². The van der Waals surface area contributed by atoms with Gasteiger partial charge in [0.1, 0.15) is 0 Å². The molecule has 9 atom stereocenters. The standard InChI is InChI=1S/C24H40O3/c1-15(4-9-22(26)27)19-7-8-20-18-6-5-16-14-17(25)10-12-23(16,2)21(18)11-13-24(19,20)3/h15-21,25H,4-14H2,1-3H3,(H,26,27)/t15?,16?,17?,18?,19?,20?,21?,23-,24+/m1/s1. The van der Waals surface area contributed by atoms with Crippen LogP contribution in [0.3, 0.4) is 0 Å². The Morgan fingerprint density at radius 2 is 1.70 bits per heavy atom. The monoisotopic (exact) mass is 376 g/mol. The first-order valence-electron chi connectivity index (χ1n) is 11.7. The Morgan fingerprint density at radius 3 is 2.44 bits per heavy atom. The Bertz CT molecular complexity index is 574. The predicted octanol–water partition coefficient (Wildman–Crippen LogP) is 5.51. The number of hydrogen-bond donors (Lipinski definition) is 2. The van der Waals surface area contributed by atoms with Crippen LogP contribution in [0.4, 0.5) is 0 Å². The van der Waals surface area contributed by atoms with E-state index < -0.39 is 5.97 Å². The van der Waals surface area contributed by atoms with E-state index >= 15 is 0 Å². The van der Waals surface area contributed by atoms with Crippen LogP contribution in [0, 0.1) is 46.3 Å². The fraction of sp³-hybridized carbons (Fsp3) is 0.958. The van der Waals surface area contributed by atoms with Crippen LogP contribution < -0.4 is 0 Å².